The molecule has 6 heteroatoms. The third-order valence-corrected chi connectivity index (χ3v) is 2.75. The molecular formula is C11H12F4OS. The second-order valence-electron chi connectivity index (χ2n) is 3.61. The predicted molar refractivity (Wildman–Crippen MR) is 59.0 cm³/mol. The van der Waals surface area contributed by atoms with E-state index in [0.29, 0.717) is 22.2 Å². The van der Waals surface area contributed by atoms with Gasteiger partial charge in [-0.25, -0.2) is 0 Å². The third-order valence-electron chi connectivity index (χ3n) is 2.04. The number of halogens is 4. The van der Waals surface area contributed by atoms with Crippen molar-refractivity contribution in [1.29, 1.82) is 0 Å². The van der Waals surface area contributed by atoms with Crippen LogP contribution in [0.2, 0.25) is 0 Å². The van der Waals surface area contributed by atoms with Crippen LogP contribution in [0.15, 0.2) is 23.1 Å². The van der Waals surface area contributed by atoms with Gasteiger partial charge in [0, 0.05) is 4.90 Å². The normalized spacial score (nSPS) is 11.6. The highest BCUT2D eigenvalue weighted by atomic mass is 32.2. The molecule has 0 aromatic heterocycles. The molecule has 1 nitrogen and oxygen atoms in total. The highest BCUT2D eigenvalue weighted by Gasteiger charge is 2.14. The summed E-state index contributed by atoms with van der Waals surface area (Å²) in [5.41, 5.74) is 0.496. The van der Waals surface area contributed by atoms with Crippen molar-refractivity contribution in [3.63, 3.8) is 0 Å². The summed E-state index contributed by atoms with van der Waals surface area (Å²) in [7, 11) is 0. The third kappa shape index (κ3) is 4.46. The Morgan fingerprint density at radius 3 is 2.24 bits per heavy atom. The molecule has 17 heavy (non-hydrogen) atoms. The summed E-state index contributed by atoms with van der Waals surface area (Å²) >= 11 is 0.381. The molecule has 0 aliphatic heterocycles. The van der Waals surface area contributed by atoms with Crippen LogP contribution in [0.4, 0.5) is 17.6 Å². The summed E-state index contributed by atoms with van der Waals surface area (Å²) < 4.78 is 52.9. The van der Waals surface area contributed by atoms with E-state index in [4.69, 9.17) is 0 Å². The zero-order valence-corrected chi connectivity index (χ0v) is 10.1. The summed E-state index contributed by atoms with van der Waals surface area (Å²) in [6.45, 7) is 0.649. The zero-order chi connectivity index (χ0) is 13.0. The Bertz CT molecular complexity index is 368. The van der Waals surface area contributed by atoms with Crippen LogP contribution in [0.25, 0.3) is 0 Å². The van der Waals surface area contributed by atoms with Crippen LogP contribution >= 0.6 is 11.8 Å². The van der Waals surface area contributed by atoms with Gasteiger partial charge in [-0.15, -0.1) is 0 Å². The van der Waals surface area contributed by atoms with Gasteiger partial charge in [0.05, 0.1) is 0 Å². The van der Waals surface area contributed by atoms with Crippen molar-refractivity contribution >= 4 is 11.8 Å². The topological polar surface area (TPSA) is 9.23 Å². The molecular weight excluding hydrogens is 256 g/mol. The number of hydrogen-bond donors (Lipinski definition) is 0. The molecule has 96 valence electrons. The molecule has 0 N–H and O–H groups in total. The standard InChI is InChI=1S/C11H12F4OS/c1-6(2)8-5-7(17-11(14)15)3-4-9(8)16-10(12)13/h3-6,10-11H,1-2H3. The average molecular weight is 268 g/mol. The minimum Gasteiger partial charge on any atom is -0.435 e. The number of thioether (sulfide) groups is 1. The quantitative estimate of drug-likeness (QED) is 0.564. The molecule has 0 bridgehead atoms. The van der Waals surface area contributed by atoms with Crippen molar-refractivity contribution < 1.29 is 22.3 Å². The molecule has 0 radical (unpaired) electrons. The molecule has 0 unspecified atom stereocenters. The van der Waals surface area contributed by atoms with Crippen molar-refractivity contribution in [2.75, 3.05) is 0 Å². The van der Waals surface area contributed by atoms with Gasteiger partial charge in [-0.05, 0) is 29.7 Å². The Labute approximate surface area is 101 Å². The summed E-state index contributed by atoms with van der Waals surface area (Å²) in [4.78, 5) is 0.338. The maximum Gasteiger partial charge on any atom is 0.387 e. The van der Waals surface area contributed by atoms with Crippen LogP contribution in [0, 0.1) is 0 Å². The molecule has 0 atom stereocenters. The van der Waals surface area contributed by atoms with Gasteiger partial charge in [0.15, 0.2) is 0 Å². The largest absolute Gasteiger partial charge is 0.435 e. The van der Waals surface area contributed by atoms with Gasteiger partial charge in [0.2, 0.25) is 0 Å². The van der Waals surface area contributed by atoms with Crippen LogP contribution < -0.4 is 4.74 Å². The first-order valence-electron chi connectivity index (χ1n) is 4.93. The summed E-state index contributed by atoms with van der Waals surface area (Å²) in [6, 6.07) is 4.10. The number of alkyl halides is 4. The Hall–Kier alpha value is -0.910. The van der Waals surface area contributed by atoms with E-state index in [9.17, 15) is 17.6 Å². The highest BCUT2D eigenvalue weighted by Crippen LogP contribution is 2.34. The Kier molecular flexibility index (Phi) is 5.11. The molecule has 0 aliphatic carbocycles. The fourth-order valence-electron chi connectivity index (χ4n) is 1.36. The lowest BCUT2D eigenvalue weighted by atomic mass is 10.0. The van der Waals surface area contributed by atoms with Gasteiger partial charge in [0.1, 0.15) is 5.75 Å². The molecule has 0 aliphatic rings. The van der Waals surface area contributed by atoms with Crippen LogP contribution in [0.5, 0.6) is 5.75 Å². The fourth-order valence-corrected chi connectivity index (χ4v) is 1.90. The highest BCUT2D eigenvalue weighted by molar-refractivity contribution is 7.99. The molecule has 1 aromatic carbocycles. The van der Waals surface area contributed by atoms with E-state index in [1.807, 2.05) is 0 Å². The molecule has 0 saturated carbocycles. The van der Waals surface area contributed by atoms with Gasteiger partial charge >= 0.3 is 6.61 Å². The zero-order valence-electron chi connectivity index (χ0n) is 9.29. The molecule has 1 rings (SSSR count). The average Bonchev–Trinajstić information content (AvgIpc) is 2.18. The van der Waals surface area contributed by atoms with E-state index >= 15 is 0 Å². The summed E-state index contributed by atoms with van der Waals surface area (Å²) in [5, 5.41) is 0. The first-order valence-corrected chi connectivity index (χ1v) is 5.81. The van der Waals surface area contributed by atoms with E-state index in [-0.39, 0.29) is 11.7 Å². The van der Waals surface area contributed by atoms with Crippen LogP contribution in [-0.2, 0) is 0 Å². The fraction of sp³-hybridized carbons (Fsp3) is 0.455. The molecule has 0 heterocycles. The lowest BCUT2D eigenvalue weighted by Crippen LogP contribution is -2.05. The summed E-state index contributed by atoms with van der Waals surface area (Å²) in [6.07, 6.45) is 0. The maximum absolute atomic E-state index is 12.2. The minimum absolute atomic E-state index is 0.0358. The second kappa shape index (κ2) is 6.14. The molecule has 0 amide bonds. The number of hydrogen-bond acceptors (Lipinski definition) is 2. The van der Waals surface area contributed by atoms with Gasteiger partial charge in [-0.1, -0.05) is 25.6 Å². The Balaban J connectivity index is 2.99. The van der Waals surface area contributed by atoms with Gasteiger partial charge in [-0.3, -0.25) is 0 Å². The number of ether oxygens (including phenoxy) is 1. The summed E-state index contributed by atoms with van der Waals surface area (Å²) in [5.74, 6) is -2.58. The van der Waals surface area contributed by atoms with Crippen LogP contribution in [0.3, 0.4) is 0 Å². The van der Waals surface area contributed by atoms with Crippen molar-refractivity contribution in [1.82, 2.24) is 0 Å². The van der Waals surface area contributed by atoms with E-state index in [1.54, 1.807) is 13.8 Å². The first kappa shape index (κ1) is 14.2. The van der Waals surface area contributed by atoms with E-state index in [2.05, 4.69) is 4.74 Å². The van der Waals surface area contributed by atoms with Crippen molar-refractivity contribution in [2.24, 2.45) is 0 Å². The lowest BCUT2D eigenvalue weighted by Gasteiger charge is -2.14. The SMILES string of the molecule is CC(C)c1cc(SC(F)F)ccc1OC(F)F. The maximum atomic E-state index is 12.2. The molecule has 0 spiro atoms. The Morgan fingerprint density at radius 2 is 1.76 bits per heavy atom. The molecule has 1 aromatic rings. The number of rotatable bonds is 5. The first-order chi connectivity index (χ1) is 7.90. The van der Waals surface area contributed by atoms with E-state index in [0.717, 1.165) is 0 Å². The van der Waals surface area contributed by atoms with E-state index < -0.39 is 12.4 Å². The second-order valence-corrected chi connectivity index (χ2v) is 4.67. The van der Waals surface area contributed by atoms with Crippen LogP contribution in [-0.4, -0.2) is 12.4 Å². The number of benzene rings is 1. The monoisotopic (exact) mass is 268 g/mol. The van der Waals surface area contributed by atoms with Gasteiger partial charge < -0.3 is 4.74 Å². The van der Waals surface area contributed by atoms with Crippen molar-refractivity contribution in [2.45, 2.75) is 37.0 Å². The minimum atomic E-state index is -2.92. The predicted octanol–water partition coefficient (Wildman–Crippen LogP) is 4.73. The molecule has 0 fully saturated rings. The van der Waals surface area contributed by atoms with Gasteiger partial charge in [0.25, 0.3) is 5.76 Å². The smallest absolute Gasteiger partial charge is 0.387 e. The van der Waals surface area contributed by atoms with Crippen LogP contribution in [0.1, 0.15) is 25.3 Å². The lowest BCUT2D eigenvalue weighted by molar-refractivity contribution is -0.0505. The molecule has 0 saturated heterocycles. The van der Waals surface area contributed by atoms with Crippen molar-refractivity contribution in [3.8, 4) is 5.75 Å². The van der Waals surface area contributed by atoms with Crippen molar-refractivity contribution in [3.05, 3.63) is 23.8 Å². The van der Waals surface area contributed by atoms with Gasteiger partial charge in [-0.2, -0.15) is 17.6 Å². The Morgan fingerprint density at radius 1 is 1.12 bits per heavy atom. The van der Waals surface area contributed by atoms with E-state index in [1.165, 1.54) is 18.2 Å².